The van der Waals surface area contributed by atoms with E-state index >= 15 is 0 Å². The third kappa shape index (κ3) is 6.19. The van der Waals surface area contributed by atoms with Gasteiger partial charge in [-0.15, -0.1) is 0 Å². The van der Waals surface area contributed by atoms with Gasteiger partial charge in [0.1, 0.15) is 11.6 Å². The molecule has 0 spiro atoms. The molecule has 0 heterocycles. The fourth-order valence-corrected chi connectivity index (χ4v) is 1.75. The highest BCUT2D eigenvalue weighted by molar-refractivity contribution is 7.80. The number of nitrogens with zero attached hydrogens (tertiary/aromatic N) is 1. The van der Waals surface area contributed by atoms with Crippen LogP contribution in [0.4, 0.5) is 0 Å². The molecule has 0 saturated carbocycles. The first kappa shape index (κ1) is 14.1. The Morgan fingerprint density at radius 1 is 1.67 bits per heavy atom. The average molecular weight is 227 g/mol. The molecule has 0 rings (SSSR count). The first-order valence-corrected chi connectivity index (χ1v) is 5.24. The summed E-state index contributed by atoms with van der Waals surface area (Å²) in [5, 5.41) is 8.67. The standard InChI is InChI=1S/C11H17NO2S/c1-8(6-12)10(13)14-7-11(3,4)5-9(2)15/h9,15H,1,5,7H2,2-4H3. The first-order valence-electron chi connectivity index (χ1n) is 4.72. The van der Waals surface area contributed by atoms with E-state index in [1.807, 2.05) is 20.8 Å². The predicted octanol–water partition coefficient (Wildman–Crippen LogP) is 2.34. The number of ether oxygens (including phenoxy) is 1. The normalized spacial score (nSPS) is 12.7. The highest BCUT2D eigenvalue weighted by atomic mass is 32.1. The Morgan fingerprint density at radius 3 is 2.60 bits per heavy atom. The van der Waals surface area contributed by atoms with Crippen LogP contribution in [0.2, 0.25) is 0 Å². The van der Waals surface area contributed by atoms with Gasteiger partial charge in [0, 0.05) is 0 Å². The second-order valence-electron chi connectivity index (χ2n) is 4.38. The first-order chi connectivity index (χ1) is 6.78. The van der Waals surface area contributed by atoms with Crippen LogP contribution in [0.3, 0.4) is 0 Å². The number of hydrogen-bond donors (Lipinski definition) is 1. The molecule has 4 heteroatoms. The van der Waals surface area contributed by atoms with Crippen LogP contribution in [0, 0.1) is 16.7 Å². The number of carbonyl (C=O) groups is 1. The minimum atomic E-state index is -0.641. The van der Waals surface area contributed by atoms with Crippen molar-refractivity contribution in [1.29, 1.82) is 5.26 Å². The molecule has 0 N–H and O–H groups in total. The Balaban J connectivity index is 4.10. The van der Waals surface area contributed by atoms with Crippen molar-refractivity contribution in [3.8, 4) is 6.07 Å². The van der Waals surface area contributed by atoms with Crippen molar-refractivity contribution >= 4 is 18.6 Å². The van der Waals surface area contributed by atoms with Gasteiger partial charge in [-0.3, -0.25) is 0 Å². The lowest BCUT2D eigenvalue weighted by atomic mass is 9.89. The molecular formula is C11H17NO2S. The maximum Gasteiger partial charge on any atom is 0.348 e. The molecule has 15 heavy (non-hydrogen) atoms. The number of rotatable bonds is 5. The van der Waals surface area contributed by atoms with Gasteiger partial charge < -0.3 is 4.74 Å². The molecule has 84 valence electrons. The molecule has 0 bridgehead atoms. The zero-order chi connectivity index (χ0) is 12.1. The summed E-state index contributed by atoms with van der Waals surface area (Å²) in [5.41, 5.74) is -0.295. The van der Waals surface area contributed by atoms with Gasteiger partial charge in [0.2, 0.25) is 0 Å². The van der Waals surface area contributed by atoms with Crippen molar-refractivity contribution in [2.45, 2.75) is 32.4 Å². The van der Waals surface area contributed by atoms with E-state index in [4.69, 9.17) is 10.00 Å². The van der Waals surface area contributed by atoms with Gasteiger partial charge >= 0.3 is 5.97 Å². The van der Waals surface area contributed by atoms with Gasteiger partial charge in [-0.05, 0) is 17.1 Å². The van der Waals surface area contributed by atoms with Crippen molar-refractivity contribution in [2.24, 2.45) is 5.41 Å². The van der Waals surface area contributed by atoms with Crippen LogP contribution in [-0.4, -0.2) is 17.8 Å². The predicted molar refractivity (Wildman–Crippen MR) is 62.6 cm³/mol. The summed E-state index contributed by atoms with van der Waals surface area (Å²) in [4.78, 5) is 11.1. The molecule has 0 aromatic heterocycles. The molecule has 0 aliphatic heterocycles. The van der Waals surface area contributed by atoms with Crippen LogP contribution in [0.1, 0.15) is 27.2 Å². The molecule has 0 aromatic rings. The minimum Gasteiger partial charge on any atom is -0.461 e. The molecule has 0 radical (unpaired) electrons. The molecule has 0 aliphatic carbocycles. The van der Waals surface area contributed by atoms with E-state index in [2.05, 4.69) is 19.2 Å². The van der Waals surface area contributed by atoms with Gasteiger partial charge in [0.15, 0.2) is 0 Å². The largest absolute Gasteiger partial charge is 0.461 e. The van der Waals surface area contributed by atoms with Crippen LogP contribution >= 0.6 is 12.6 Å². The molecule has 1 atom stereocenters. The smallest absolute Gasteiger partial charge is 0.348 e. The maximum atomic E-state index is 11.1. The van der Waals surface area contributed by atoms with Crippen LogP contribution < -0.4 is 0 Å². The Kier molecular flexibility index (Phi) is 5.45. The summed E-state index contributed by atoms with van der Waals surface area (Å²) in [5.74, 6) is -0.641. The summed E-state index contributed by atoms with van der Waals surface area (Å²) >= 11 is 4.28. The third-order valence-electron chi connectivity index (χ3n) is 1.82. The van der Waals surface area contributed by atoms with Crippen molar-refractivity contribution in [1.82, 2.24) is 0 Å². The second kappa shape index (κ2) is 5.82. The molecule has 1 unspecified atom stereocenters. The monoisotopic (exact) mass is 227 g/mol. The zero-order valence-corrected chi connectivity index (χ0v) is 10.3. The van der Waals surface area contributed by atoms with Crippen LogP contribution in [0.15, 0.2) is 12.2 Å². The van der Waals surface area contributed by atoms with E-state index in [-0.39, 0.29) is 22.8 Å². The number of carbonyl (C=O) groups excluding carboxylic acids is 1. The highest BCUT2D eigenvalue weighted by Gasteiger charge is 2.22. The summed E-state index contributed by atoms with van der Waals surface area (Å²) < 4.78 is 4.97. The molecular weight excluding hydrogens is 210 g/mol. The molecule has 0 amide bonds. The Morgan fingerprint density at radius 2 is 2.20 bits per heavy atom. The van der Waals surface area contributed by atoms with Gasteiger partial charge in [-0.25, -0.2) is 4.79 Å². The van der Waals surface area contributed by atoms with Crippen molar-refractivity contribution in [3.63, 3.8) is 0 Å². The van der Waals surface area contributed by atoms with E-state index in [9.17, 15) is 4.79 Å². The van der Waals surface area contributed by atoms with Crippen molar-refractivity contribution in [2.75, 3.05) is 6.61 Å². The molecule has 0 fully saturated rings. The summed E-state index contributed by atoms with van der Waals surface area (Å²) in [6.07, 6.45) is 0.836. The van der Waals surface area contributed by atoms with E-state index in [1.54, 1.807) is 6.07 Å². The zero-order valence-electron chi connectivity index (χ0n) is 9.41. The lowest BCUT2D eigenvalue weighted by Gasteiger charge is -2.25. The third-order valence-corrected chi connectivity index (χ3v) is 2.01. The summed E-state index contributed by atoms with van der Waals surface area (Å²) in [6, 6.07) is 1.66. The van der Waals surface area contributed by atoms with E-state index in [0.29, 0.717) is 0 Å². The Labute approximate surface area is 96.5 Å². The summed E-state index contributed by atoms with van der Waals surface area (Å²) in [7, 11) is 0. The summed E-state index contributed by atoms with van der Waals surface area (Å²) in [6.45, 7) is 9.52. The number of nitriles is 1. The fourth-order valence-electron chi connectivity index (χ4n) is 1.25. The Hall–Kier alpha value is -0.950. The second-order valence-corrected chi connectivity index (χ2v) is 5.27. The molecule has 0 aliphatic rings. The van der Waals surface area contributed by atoms with Crippen LogP contribution in [-0.2, 0) is 9.53 Å². The van der Waals surface area contributed by atoms with Gasteiger partial charge in [0.25, 0.3) is 0 Å². The fraction of sp³-hybridized carbons (Fsp3) is 0.636. The maximum absolute atomic E-state index is 11.1. The van der Waals surface area contributed by atoms with Gasteiger partial charge in [0.05, 0.1) is 6.61 Å². The van der Waals surface area contributed by atoms with E-state index in [0.717, 1.165) is 6.42 Å². The number of thiol groups is 1. The lowest BCUT2D eigenvalue weighted by Crippen LogP contribution is -2.24. The SMILES string of the molecule is C=C(C#N)C(=O)OCC(C)(C)CC(C)S. The lowest BCUT2D eigenvalue weighted by molar-refractivity contribution is -0.141. The van der Waals surface area contributed by atoms with Crippen molar-refractivity contribution < 1.29 is 9.53 Å². The van der Waals surface area contributed by atoms with E-state index < -0.39 is 5.97 Å². The molecule has 0 saturated heterocycles. The molecule has 0 aromatic carbocycles. The quantitative estimate of drug-likeness (QED) is 0.339. The van der Waals surface area contributed by atoms with Gasteiger partial charge in [-0.1, -0.05) is 27.4 Å². The average Bonchev–Trinajstić information content (AvgIpc) is 2.11. The minimum absolute atomic E-state index is 0.132. The van der Waals surface area contributed by atoms with E-state index in [1.165, 1.54) is 0 Å². The highest BCUT2D eigenvalue weighted by Crippen LogP contribution is 2.25. The van der Waals surface area contributed by atoms with Crippen molar-refractivity contribution in [3.05, 3.63) is 12.2 Å². The number of hydrogen-bond acceptors (Lipinski definition) is 4. The number of esters is 1. The molecule has 3 nitrogen and oxygen atoms in total. The topological polar surface area (TPSA) is 50.1 Å². The van der Waals surface area contributed by atoms with Gasteiger partial charge in [-0.2, -0.15) is 17.9 Å². The Bertz CT molecular complexity index is 289. The van der Waals surface area contributed by atoms with Crippen LogP contribution in [0.5, 0.6) is 0 Å². The van der Waals surface area contributed by atoms with Crippen LogP contribution in [0.25, 0.3) is 0 Å².